The number of hydrogen-bond acceptors (Lipinski definition) is 16. The predicted molar refractivity (Wildman–Crippen MR) is 108 cm³/mol. The highest BCUT2D eigenvalue weighted by Crippen LogP contribution is 2.27. The van der Waals surface area contributed by atoms with E-state index in [9.17, 15) is 30.0 Å². The quantitative estimate of drug-likeness (QED) is 0.180. The number of ether oxygens (including phenoxy) is 2. The van der Waals surface area contributed by atoms with Crippen LogP contribution in [0.15, 0.2) is 34.1 Å². The fourth-order valence-corrected chi connectivity index (χ4v) is 3.23. The lowest BCUT2D eigenvalue weighted by molar-refractivity contribution is -0.0973. The van der Waals surface area contributed by atoms with Crippen molar-refractivity contribution in [3.63, 3.8) is 0 Å². The third-order valence-electron chi connectivity index (χ3n) is 4.98. The number of nitrogen functional groups attached to an aromatic ring is 2. The minimum Gasteiger partial charge on any atom is -0.386 e. The van der Waals surface area contributed by atoms with Gasteiger partial charge >= 0.3 is 11.4 Å². The molecule has 2 aromatic rings. The highest BCUT2D eigenvalue weighted by Gasteiger charge is 2.45. The summed E-state index contributed by atoms with van der Waals surface area (Å²) in [6, 6.07) is 2.70. The molecular weight excluding hydrogens is 464 g/mol. The number of nitrogens with zero attached hydrogens (tertiary/aromatic N) is 4. The Morgan fingerprint density at radius 3 is 1.35 bits per heavy atom. The number of nitrogens with one attached hydrogen (secondary N) is 2. The van der Waals surface area contributed by atoms with Gasteiger partial charge in [0.05, 0.1) is 0 Å². The van der Waals surface area contributed by atoms with Gasteiger partial charge in [0.25, 0.3) is 0 Å². The second-order valence-corrected chi connectivity index (χ2v) is 7.20. The molecule has 0 saturated carbocycles. The van der Waals surface area contributed by atoms with Crippen LogP contribution >= 0.6 is 0 Å². The van der Waals surface area contributed by atoms with E-state index < -0.39 is 60.7 Å². The van der Waals surface area contributed by atoms with Crippen LogP contribution in [0.2, 0.25) is 0 Å². The molecule has 0 spiro atoms. The summed E-state index contributed by atoms with van der Waals surface area (Å²) >= 11 is 0. The van der Waals surface area contributed by atoms with Gasteiger partial charge in [-0.2, -0.15) is 20.9 Å². The SMILES string of the molecule is Nc1ccn([C@@H]2O[C@H](NO)[C@@H](O)[C@H]2O)c(=O)n1.Nc1ccn([C@@H]2O[C@H](NO)[C@@H](O)[C@H]2O)c(=O)n1. The van der Waals surface area contributed by atoms with Gasteiger partial charge in [0.15, 0.2) is 24.9 Å². The third kappa shape index (κ3) is 5.05. The maximum Gasteiger partial charge on any atom is 0.351 e. The van der Waals surface area contributed by atoms with Crippen LogP contribution in [0.5, 0.6) is 0 Å². The van der Waals surface area contributed by atoms with Gasteiger partial charge in [0, 0.05) is 12.4 Å². The molecule has 0 radical (unpaired) electrons. The molecule has 4 heterocycles. The molecule has 34 heavy (non-hydrogen) atoms. The Morgan fingerprint density at radius 2 is 1.09 bits per heavy atom. The fourth-order valence-electron chi connectivity index (χ4n) is 3.23. The highest BCUT2D eigenvalue weighted by molar-refractivity contribution is 5.24. The second-order valence-electron chi connectivity index (χ2n) is 7.20. The molecule has 2 aliphatic heterocycles. The molecule has 12 N–H and O–H groups in total. The molecule has 2 saturated heterocycles. The van der Waals surface area contributed by atoms with Crippen LogP contribution in [0, 0.1) is 0 Å². The van der Waals surface area contributed by atoms with Crippen molar-refractivity contribution in [3.8, 4) is 0 Å². The molecule has 2 aliphatic rings. The summed E-state index contributed by atoms with van der Waals surface area (Å²) in [5.74, 6) is 0.0761. The molecular formula is C16H24N8O10. The van der Waals surface area contributed by atoms with Gasteiger partial charge in [-0.1, -0.05) is 0 Å². The maximum absolute atomic E-state index is 11.5. The summed E-state index contributed by atoms with van der Waals surface area (Å²) in [4.78, 5) is 29.9. The van der Waals surface area contributed by atoms with Gasteiger partial charge in [0.1, 0.15) is 36.1 Å². The summed E-state index contributed by atoms with van der Waals surface area (Å²) in [6.45, 7) is 0. The Labute approximate surface area is 189 Å². The topological polar surface area (TPSA) is 286 Å². The largest absolute Gasteiger partial charge is 0.386 e. The molecule has 4 rings (SSSR count). The number of aromatic nitrogens is 4. The summed E-state index contributed by atoms with van der Waals surface area (Å²) in [5, 5.41) is 55.6. The summed E-state index contributed by atoms with van der Waals surface area (Å²) < 4.78 is 12.1. The van der Waals surface area contributed by atoms with Crippen molar-refractivity contribution < 1.29 is 40.3 Å². The molecule has 0 amide bonds. The first-order chi connectivity index (χ1) is 16.1. The average Bonchev–Trinajstić information content (AvgIpc) is 3.24. The molecule has 2 fully saturated rings. The number of aliphatic hydroxyl groups is 4. The van der Waals surface area contributed by atoms with Crippen molar-refractivity contribution in [3.05, 3.63) is 45.5 Å². The Hall–Kier alpha value is -3.04. The first-order valence-corrected chi connectivity index (χ1v) is 9.60. The first kappa shape index (κ1) is 25.6. The molecule has 0 aliphatic carbocycles. The van der Waals surface area contributed by atoms with E-state index in [0.29, 0.717) is 0 Å². The summed E-state index contributed by atoms with van der Waals surface area (Å²) in [7, 11) is 0. The van der Waals surface area contributed by atoms with Crippen LogP contribution in [-0.4, -0.2) is 86.8 Å². The van der Waals surface area contributed by atoms with E-state index >= 15 is 0 Å². The molecule has 0 unspecified atom stereocenters. The predicted octanol–water partition coefficient (Wildman–Crippen LogP) is -5.24. The zero-order valence-electron chi connectivity index (χ0n) is 17.2. The number of aliphatic hydroxyl groups excluding tert-OH is 4. The van der Waals surface area contributed by atoms with Crippen LogP contribution in [0.3, 0.4) is 0 Å². The van der Waals surface area contributed by atoms with Crippen LogP contribution in [0.25, 0.3) is 0 Å². The molecule has 2 aromatic heterocycles. The van der Waals surface area contributed by atoms with Crippen molar-refractivity contribution in [1.29, 1.82) is 0 Å². The van der Waals surface area contributed by atoms with Crippen molar-refractivity contribution in [2.24, 2.45) is 0 Å². The van der Waals surface area contributed by atoms with E-state index in [0.717, 1.165) is 9.13 Å². The monoisotopic (exact) mass is 488 g/mol. The normalized spacial score (nSPS) is 32.9. The van der Waals surface area contributed by atoms with Crippen molar-refractivity contribution in [2.45, 2.75) is 49.3 Å². The van der Waals surface area contributed by atoms with Crippen molar-refractivity contribution >= 4 is 11.6 Å². The summed E-state index contributed by atoms with van der Waals surface area (Å²) in [5.41, 5.74) is 12.5. The number of hydrogen-bond donors (Lipinski definition) is 10. The lowest BCUT2D eigenvalue weighted by atomic mass is 10.2. The van der Waals surface area contributed by atoms with Gasteiger partial charge < -0.3 is 51.8 Å². The van der Waals surface area contributed by atoms with Gasteiger partial charge in [-0.25, -0.2) is 9.59 Å². The fraction of sp³-hybridized carbons (Fsp3) is 0.500. The van der Waals surface area contributed by atoms with Gasteiger partial charge in [-0.15, -0.1) is 0 Å². The number of hydroxylamine groups is 2. The number of nitrogens with two attached hydrogens (primary N) is 2. The van der Waals surface area contributed by atoms with E-state index in [1.165, 1.54) is 24.5 Å². The van der Waals surface area contributed by atoms with E-state index in [4.69, 9.17) is 31.4 Å². The molecule has 8 atom stereocenters. The van der Waals surface area contributed by atoms with Crippen LogP contribution in [-0.2, 0) is 9.47 Å². The summed E-state index contributed by atoms with van der Waals surface area (Å²) in [6.07, 6.45) is -7.56. The van der Waals surface area contributed by atoms with Crippen LogP contribution < -0.4 is 33.8 Å². The minimum absolute atomic E-state index is 0.0381. The second kappa shape index (κ2) is 10.5. The lowest BCUT2D eigenvalue weighted by Crippen LogP contribution is -2.39. The zero-order valence-corrected chi connectivity index (χ0v) is 17.2. The van der Waals surface area contributed by atoms with E-state index in [-0.39, 0.29) is 11.6 Å². The third-order valence-corrected chi connectivity index (χ3v) is 4.98. The standard InChI is InChI=1S/2C8H12N4O5/c2*9-3-1-2-12(8(15)10-3)7-5(14)4(13)6(11-16)17-7/h2*1-2,4-7,11,13-14,16H,(H2,9,10,15)/t2*4-,5+,6-,7+/m00/s1. The highest BCUT2D eigenvalue weighted by atomic mass is 16.6. The Kier molecular flexibility index (Phi) is 7.89. The van der Waals surface area contributed by atoms with E-state index in [1.807, 2.05) is 0 Å². The molecule has 18 heteroatoms. The van der Waals surface area contributed by atoms with Crippen molar-refractivity contribution in [2.75, 3.05) is 11.5 Å². The Bertz CT molecular complexity index is 1010. The van der Waals surface area contributed by atoms with Crippen molar-refractivity contribution in [1.82, 2.24) is 30.1 Å². The number of rotatable bonds is 4. The zero-order chi connectivity index (χ0) is 25.2. The minimum atomic E-state index is -1.37. The molecule has 0 bridgehead atoms. The van der Waals surface area contributed by atoms with Crippen LogP contribution in [0.1, 0.15) is 12.5 Å². The molecule has 0 aromatic carbocycles. The van der Waals surface area contributed by atoms with Gasteiger partial charge in [-0.05, 0) is 12.1 Å². The average molecular weight is 488 g/mol. The first-order valence-electron chi connectivity index (χ1n) is 9.60. The number of anilines is 2. The Balaban J connectivity index is 0.000000191. The Morgan fingerprint density at radius 1 is 0.735 bits per heavy atom. The van der Waals surface area contributed by atoms with Crippen LogP contribution in [0.4, 0.5) is 11.6 Å². The lowest BCUT2D eigenvalue weighted by Gasteiger charge is -2.16. The maximum atomic E-state index is 11.5. The van der Waals surface area contributed by atoms with Gasteiger partial charge in [-0.3, -0.25) is 9.13 Å². The van der Waals surface area contributed by atoms with Gasteiger partial charge in [0.2, 0.25) is 0 Å². The molecule has 18 nitrogen and oxygen atoms in total. The van der Waals surface area contributed by atoms with E-state index in [1.54, 1.807) is 11.0 Å². The smallest absolute Gasteiger partial charge is 0.351 e. The van der Waals surface area contributed by atoms with E-state index in [2.05, 4.69) is 9.97 Å². The molecule has 188 valence electrons.